The minimum atomic E-state index is -0.705. The molecule has 0 aromatic carbocycles. The molecule has 0 atom stereocenters. The van der Waals surface area contributed by atoms with Gasteiger partial charge in [0, 0.05) is 29.0 Å². The Balaban J connectivity index is 2.45. The molecule has 0 radical (unpaired) electrons. The highest BCUT2D eigenvalue weighted by Crippen LogP contribution is 2.17. The van der Waals surface area contributed by atoms with E-state index < -0.39 is 5.60 Å². The number of aromatic nitrogens is 2. The van der Waals surface area contributed by atoms with Gasteiger partial charge in [0.1, 0.15) is 5.65 Å². The maximum atomic E-state index is 9.75. The average Bonchev–Trinajstić information content (AvgIpc) is 2.45. The highest BCUT2D eigenvalue weighted by Gasteiger charge is 2.16. The topological polar surface area (TPSA) is 37.5 Å². The summed E-state index contributed by atoms with van der Waals surface area (Å²) in [6, 6.07) is 3.91. The number of halogens is 1. The molecule has 2 aromatic heterocycles. The maximum Gasteiger partial charge on any atom is 0.138 e. The third-order valence-electron chi connectivity index (χ3n) is 2.17. The Bertz CT molecular complexity index is 485. The van der Waals surface area contributed by atoms with E-state index in [2.05, 4.69) is 20.9 Å². The molecular formula is C11H13BrN2O. The van der Waals surface area contributed by atoms with Crippen LogP contribution in [0.1, 0.15) is 19.5 Å². The Morgan fingerprint density at radius 1 is 1.53 bits per heavy atom. The molecule has 0 bridgehead atoms. The molecule has 0 fully saturated rings. The minimum absolute atomic E-state index is 0.593. The largest absolute Gasteiger partial charge is 0.390 e. The number of nitrogens with zero attached hydrogens (tertiary/aromatic N) is 2. The molecule has 80 valence electrons. The van der Waals surface area contributed by atoms with E-state index in [9.17, 15) is 5.11 Å². The Labute approximate surface area is 96.9 Å². The number of rotatable bonds is 2. The van der Waals surface area contributed by atoms with Crippen molar-refractivity contribution in [2.24, 2.45) is 0 Å². The number of fused-ring (bicyclic) bond motifs is 1. The molecule has 2 rings (SSSR count). The minimum Gasteiger partial charge on any atom is -0.390 e. The summed E-state index contributed by atoms with van der Waals surface area (Å²) >= 11 is 3.40. The van der Waals surface area contributed by atoms with E-state index in [1.54, 1.807) is 20.0 Å². The fraction of sp³-hybridized carbons (Fsp3) is 0.364. The maximum absolute atomic E-state index is 9.75. The van der Waals surface area contributed by atoms with Crippen molar-refractivity contribution < 1.29 is 5.11 Å². The molecular weight excluding hydrogens is 256 g/mol. The molecule has 2 heterocycles. The Morgan fingerprint density at radius 2 is 2.27 bits per heavy atom. The Morgan fingerprint density at radius 3 is 2.93 bits per heavy atom. The molecule has 1 N–H and O–H groups in total. The van der Waals surface area contributed by atoms with Gasteiger partial charge in [0.15, 0.2) is 0 Å². The van der Waals surface area contributed by atoms with Gasteiger partial charge in [0.05, 0.1) is 5.60 Å². The van der Waals surface area contributed by atoms with E-state index in [4.69, 9.17) is 0 Å². The van der Waals surface area contributed by atoms with Crippen molar-refractivity contribution in [3.8, 4) is 0 Å². The van der Waals surface area contributed by atoms with Crippen LogP contribution in [0, 0.1) is 0 Å². The van der Waals surface area contributed by atoms with Crippen LogP contribution < -0.4 is 0 Å². The van der Waals surface area contributed by atoms with Crippen molar-refractivity contribution >= 4 is 21.6 Å². The van der Waals surface area contributed by atoms with Gasteiger partial charge < -0.3 is 9.51 Å². The predicted octanol–water partition coefficient (Wildman–Crippen LogP) is 2.41. The van der Waals surface area contributed by atoms with Crippen molar-refractivity contribution in [2.75, 3.05) is 0 Å². The lowest BCUT2D eigenvalue weighted by Crippen LogP contribution is -2.22. The molecule has 4 heteroatoms. The SMILES string of the molecule is CC(C)(O)Cc1cnc2cc(Br)ccn12. The van der Waals surface area contributed by atoms with E-state index in [0.29, 0.717) is 6.42 Å². The quantitative estimate of drug-likeness (QED) is 0.909. The molecule has 0 aliphatic rings. The Kier molecular flexibility index (Phi) is 2.56. The normalized spacial score (nSPS) is 12.3. The number of aliphatic hydroxyl groups is 1. The standard InChI is InChI=1S/C11H13BrN2O/c1-11(2,15)6-9-7-13-10-5-8(12)3-4-14(9)10/h3-5,7,15H,6H2,1-2H3. The first-order valence-corrected chi connectivity index (χ1v) is 5.59. The van der Waals surface area contributed by atoms with E-state index in [-0.39, 0.29) is 0 Å². The van der Waals surface area contributed by atoms with Crippen LogP contribution in [0.5, 0.6) is 0 Å². The lowest BCUT2D eigenvalue weighted by atomic mass is 10.0. The summed E-state index contributed by atoms with van der Waals surface area (Å²) < 4.78 is 3.00. The molecule has 0 unspecified atom stereocenters. The van der Waals surface area contributed by atoms with E-state index in [0.717, 1.165) is 15.8 Å². The lowest BCUT2D eigenvalue weighted by molar-refractivity contribution is 0.0797. The molecule has 0 saturated carbocycles. The van der Waals surface area contributed by atoms with Crippen LogP contribution in [0.2, 0.25) is 0 Å². The van der Waals surface area contributed by atoms with Gasteiger partial charge in [0.2, 0.25) is 0 Å². The third-order valence-corrected chi connectivity index (χ3v) is 2.66. The fourth-order valence-electron chi connectivity index (χ4n) is 1.58. The van der Waals surface area contributed by atoms with Crippen LogP contribution in [0.15, 0.2) is 29.0 Å². The van der Waals surface area contributed by atoms with Crippen molar-refractivity contribution in [3.05, 3.63) is 34.7 Å². The molecule has 3 nitrogen and oxygen atoms in total. The van der Waals surface area contributed by atoms with E-state index >= 15 is 0 Å². The summed E-state index contributed by atoms with van der Waals surface area (Å²) in [4.78, 5) is 4.29. The van der Waals surface area contributed by atoms with Crippen LogP contribution in [-0.4, -0.2) is 20.1 Å². The van der Waals surface area contributed by atoms with Gasteiger partial charge in [-0.2, -0.15) is 0 Å². The molecule has 0 aliphatic heterocycles. The number of hydrogen-bond donors (Lipinski definition) is 1. The summed E-state index contributed by atoms with van der Waals surface area (Å²) in [5, 5.41) is 9.75. The third kappa shape index (κ3) is 2.38. The van der Waals surface area contributed by atoms with Gasteiger partial charge in [-0.05, 0) is 26.0 Å². The summed E-state index contributed by atoms with van der Waals surface area (Å²) in [7, 11) is 0. The lowest BCUT2D eigenvalue weighted by Gasteiger charge is -2.16. The predicted molar refractivity (Wildman–Crippen MR) is 62.9 cm³/mol. The average molecular weight is 269 g/mol. The van der Waals surface area contributed by atoms with Crippen molar-refractivity contribution in [2.45, 2.75) is 25.9 Å². The molecule has 0 spiro atoms. The van der Waals surface area contributed by atoms with Crippen LogP contribution in [0.4, 0.5) is 0 Å². The van der Waals surface area contributed by atoms with Crippen molar-refractivity contribution in [3.63, 3.8) is 0 Å². The highest BCUT2D eigenvalue weighted by molar-refractivity contribution is 9.10. The zero-order chi connectivity index (χ0) is 11.1. The zero-order valence-electron chi connectivity index (χ0n) is 8.74. The Hall–Kier alpha value is -0.870. The second-order valence-corrected chi connectivity index (χ2v) is 5.23. The summed E-state index contributed by atoms with van der Waals surface area (Å²) in [5.74, 6) is 0. The van der Waals surface area contributed by atoms with Crippen LogP contribution in [0.25, 0.3) is 5.65 Å². The van der Waals surface area contributed by atoms with Gasteiger partial charge in [-0.15, -0.1) is 0 Å². The van der Waals surface area contributed by atoms with E-state index in [1.165, 1.54) is 0 Å². The molecule has 0 saturated heterocycles. The van der Waals surface area contributed by atoms with Crippen LogP contribution in [-0.2, 0) is 6.42 Å². The first-order valence-electron chi connectivity index (χ1n) is 4.79. The number of hydrogen-bond acceptors (Lipinski definition) is 2. The molecule has 2 aromatic rings. The van der Waals surface area contributed by atoms with Gasteiger partial charge in [-0.3, -0.25) is 0 Å². The summed E-state index contributed by atoms with van der Waals surface area (Å²) in [6.07, 6.45) is 4.35. The second-order valence-electron chi connectivity index (χ2n) is 4.31. The van der Waals surface area contributed by atoms with Crippen LogP contribution in [0.3, 0.4) is 0 Å². The first kappa shape index (κ1) is 10.6. The molecule has 0 amide bonds. The summed E-state index contributed by atoms with van der Waals surface area (Å²) in [6.45, 7) is 3.59. The van der Waals surface area contributed by atoms with Gasteiger partial charge in [0.25, 0.3) is 0 Å². The zero-order valence-corrected chi connectivity index (χ0v) is 10.3. The highest BCUT2D eigenvalue weighted by atomic mass is 79.9. The smallest absolute Gasteiger partial charge is 0.138 e. The van der Waals surface area contributed by atoms with Crippen molar-refractivity contribution in [1.29, 1.82) is 0 Å². The molecule has 0 aliphatic carbocycles. The molecule has 15 heavy (non-hydrogen) atoms. The van der Waals surface area contributed by atoms with E-state index in [1.807, 2.05) is 22.7 Å². The number of pyridine rings is 1. The number of imidazole rings is 1. The monoisotopic (exact) mass is 268 g/mol. The first-order chi connectivity index (χ1) is 6.96. The van der Waals surface area contributed by atoms with Gasteiger partial charge in [-0.25, -0.2) is 4.98 Å². The van der Waals surface area contributed by atoms with Crippen LogP contribution >= 0.6 is 15.9 Å². The fourth-order valence-corrected chi connectivity index (χ4v) is 1.91. The second kappa shape index (κ2) is 3.61. The summed E-state index contributed by atoms with van der Waals surface area (Å²) in [5.41, 5.74) is 1.21. The van der Waals surface area contributed by atoms with Gasteiger partial charge >= 0.3 is 0 Å². The van der Waals surface area contributed by atoms with Gasteiger partial charge in [-0.1, -0.05) is 15.9 Å². The van der Waals surface area contributed by atoms with Crippen molar-refractivity contribution in [1.82, 2.24) is 9.38 Å².